The summed E-state index contributed by atoms with van der Waals surface area (Å²) in [7, 11) is 4.78. The van der Waals surface area contributed by atoms with E-state index in [4.69, 9.17) is 23.9 Å². The van der Waals surface area contributed by atoms with Crippen LogP contribution in [0.25, 0.3) is 10.2 Å². The molecule has 1 aliphatic heterocycles. The van der Waals surface area contributed by atoms with Crippen molar-refractivity contribution in [2.75, 3.05) is 65.6 Å². The van der Waals surface area contributed by atoms with Gasteiger partial charge in [-0.3, -0.25) is 14.6 Å². The molecule has 1 amide bonds. The van der Waals surface area contributed by atoms with E-state index in [9.17, 15) is 4.79 Å². The molecule has 8 nitrogen and oxygen atoms in total. The number of benzene rings is 2. The third kappa shape index (κ3) is 5.55. The predicted molar refractivity (Wildman–Crippen MR) is 129 cm³/mol. The minimum Gasteiger partial charge on any atom is -0.497 e. The Morgan fingerprint density at radius 1 is 1.03 bits per heavy atom. The monoisotopic (exact) mass is 471 g/mol. The lowest BCUT2D eigenvalue weighted by atomic mass is 10.1. The van der Waals surface area contributed by atoms with Crippen LogP contribution in [-0.4, -0.2) is 76.5 Å². The summed E-state index contributed by atoms with van der Waals surface area (Å²) in [5, 5.41) is 0.659. The van der Waals surface area contributed by atoms with Gasteiger partial charge in [0.1, 0.15) is 17.2 Å². The van der Waals surface area contributed by atoms with Crippen molar-refractivity contribution in [3.05, 3.63) is 42.0 Å². The van der Waals surface area contributed by atoms with Crippen molar-refractivity contribution in [3.8, 4) is 17.2 Å². The predicted octanol–water partition coefficient (Wildman–Crippen LogP) is 3.69. The Morgan fingerprint density at radius 3 is 2.39 bits per heavy atom. The summed E-state index contributed by atoms with van der Waals surface area (Å²) >= 11 is 1.50. The Kier molecular flexibility index (Phi) is 7.64. The first-order valence-electron chi connectivity index (χ1n) is 10.9. The summed E-state index contributed by atoms with van der Waals surface area (Å²) in [6.07, 6.45) is 0.825. The second-order valence-corrected chi connectivity index (χ2v) is 8.70. The number of thiazole rings is 1. The average Bonchev–Trinajstić information content (AvgIpc) is 3.29. The van der Waals surface area contributed by atoms with Crippen molar-refractivity contribution in [2.24, 2.45) is 0 Å². The number of rotatable bonds is 9. The molecule has 0 N–H and O–H groups in total. The highest BCUT2D eigenvalue weighted by Gasteiger charge is 2.23. The van der Waals surface area contributed by atoms with Gasteiger partial charge in [-0.15, -0.1) is 0 Å². The second kappa shape index (κ2) is 10.8. The van der Waals surface area contributed by atoms with E-state index < -0.39 is 0 Å². The number of anilines is 1. The maximum atomic E-state index is 13.7. The van der Waals surface area contributed by atoms with Gasteiger partial charge in [-0.05, 0) is 30.7 Å². The molecular formula is C24H29N3O5S. The van der Waals surface area contributed by atoms with E-state index in [1.807, 2.05) is 18.2 Å². The van der Waals surface area contributed by atoms with E-state index in [2.05, 4.69) is 4.90 Å². The normalized spacial score (nSPS) is 14.3. The van der Waals surface area contributed by atoms with Crippen LogP contribution in [0.15, 0.2) is 36.4 Å². The van der Waals surface area contributed by atoms with Crippen LogP contribution in [0.4, 0.5) is 5.13 Å². The highest BCUT2D eigenvalue weighted by Crippen LogP contribution is 2.33. The largest absolute Gasteiger partial charge is 0.497 e. The molecule has 2 aromatic carbocycles. The fourth-order valence-electron chi connectivity index (χ4n) is 3.79. The molecule has 3 aromatic rings. The van der Waals surface area contributed by atoms with Gasteiger partial charge < -0.3 is 18.9 Å². The molecule has 1 saturated heterocycles. The summed E-state index contributed by atoms with van der Waals surface area (Å²) < 4.78 is 22.5. The number of nitrogens with zero attached hydrogens (tertiary/aromatic N) is 3. The molecule has 176 valence electrons. The second-order valence-electron chi connectivity index (χ2n) is 7.70. The zero-order valence-electron chi connectivity index (χ0n) is 19.2. The van der Waals surface area contributed by atoms with Crippen LogP contribution in [0, 0.1) is 0 Å². The van der Waals surface area contributed by atoms with E-state index in [-0.39, 0.29) is 5.91 Å². The molecule has 0 radical (unpaired) electrons. The van der Waals surface area contributed by atoms with Crippen molar-refractivity contribution >= 4 is 32.6 Å². The Bertz CT molecular complexity index is 1070. The number of carbonyl (C=O) groups is 1. The minimum absolute atomic E-state index is 0.139. The Labute approximate surface area is 197 Å². The number of aromatic nitrogens is 1. The molecule has 1 fully saturated rings. The van der Waals surface area contributed by atoms with E-state index >= 15 is 0 Å². The molecule has 0 saturated carbocycles. The Balaban J connectivity index is 1.62. The molecule has 2 heterocycles. The van der Waals surface area contributed by atoms with Crippen LogP contribution >= 0.6 is 11.3 Å². The van der Waals surface area contributed by atoms with Crippen LogP contribution in [0.3, 0.4) is 0 Å². The van der Waals surface area contributed by atoms with E-state index in [1.54, 1.807) is 44.4 Å². The van der Waals surface area contributed by atoms with Crippen molar-refractivity contribution < 1.29 is 23.7 Å². The maximum absolute atomic E-state index is 13.7. The van der Waals surface area contributed by atoms with Gasteiger partial charge in [0.05, 0.1) is 44.8 Å². The zero-order chi connectivity index (χ0) is 23.2. The molecule has 1 aliphatic rings. The lowest BCUT2D eigenvalue weighted by Gasteiger charge is -2.27. The van der Waals surface area contributed by atoms with Crippen LogP contribution in [0.2, 0.25) is 0 Å². The Morgan fingerprint density at radius 2 is 1.73 bits per heavy atom. The lowest BCUT2D eigenvalue weighted by Crippen LogP contribution is -2.39. The van der Waals surface area contributed by atoms with E-state index in [0.717, 1.165) is 55.2 Å². The number of ether oxygens (including phenoxy) is 4. The molecule has 0 aliphatic carbocycles. The van der Waals surface area contributed by atoms with Crippen LogP contribution in [0.1, 0.15) is 16.8 Å². The van der Waals surface area contributed by atoms with Crippen LogP contribution in [0.5, 0.6) is 17.2 Å². The molecule has 1 aromatic heterocycles. The molecule has 0 atom stereocenters. The molecule has 4 rings (SSSR count). The van der Waals surface area contributed by atoms with Crippen molar-refractivity contribution in [2.45, 2.75) is 6.42 Å². The number of hydrogen-bond acceptors (Lipinski definition) is 8. The first-order valence-corrected chi connectivity index (χ1v) is 11.7. The lowest BCUT2D eigenvalue weighted by molar-refractivity contribution is 0.0376. The molecule has 9 heteroatoms. The first-order chi connectivity index (χ1) is 16.1. The van der Waals surface area contributed by atoms with E-state index in [0.29, 0.717) is 28.7 Å². The smallest absolute Gasteiger partial charge is 0.260 e. The number of hydrogen-bond donors (Lipinski definition) is 0. The summed E-state index contributed by atoms with van der Waals surface area (Å²) in [5.41, 5.74) is 1.30. The van der Waals surface area contributed by atoms with Gasteiger partial charge in [-0.1, -0.05) is 11.3 Å². The first kappa shape index (κ1) is 23.3. The molecule has 33 heavy (non-hydrogen) atoms. The number of amides is 1. The van der Waals surface area contributed by atoms with Gasteiger partial charge in [-0.2, -0.15) is 0 Å². The standard InChI is InChI=1S/C24H29N3O5S/c1-29-18-5-6-22-21(16-18)25-24(33-22)27(8-4-7-26-9-11-32-12-10-26)23(28)17-13-19(30-2)15-20(14-17)31-3/h5-6,13-16H,4,7-12H2,1-3H3. The quantitative estimate of drug-likeness (QED) is 0.471. The van der Waals surface area contributed by atoms with Gasteiger partial charge in [0.15, 0.2) is 5.13 Å². The molecule has 0 bridgehead atoms. The van der Waals surface area contributed by atoms with Gasteiger partial charge in [-0.25, -0.2) is 4.98 Å². The van der Waals surface area contributed by atoms with Gasteiger partial charge in [0.2, 0.25) is 0 Å². The maximum Gasteiger partial charge on any atom is 0.260 e. The molecule has 0 unspecified atom stereocenters. The van der Waals surface area contributed by atoms with Crippen LogP contribution in [-0.2, 0) is 4.74 Å². The highest BCUT2D eigenvalue weighted by atomic mass is 32.1. The van der Waals surface area contributed by atoms with Crippen molar-refractivity contribution in [1.82, 2.24) is 9.88 Å². The average molecular weight is 472 g/mol. The topological polar surface area (TPSA) is 73.4 Å². The minimum atomic E-state index is -0.139. The van der Waals surface area contributed by atoms with E-state index in [1.165, 1.54) is 11.3 Å². The Hall–Kier alpha value is -2.88. The number of methoxy groups -OCH3 is 3. The summed E-state index contributed by atoms with van der Waals surface area (Å²) in [6.45, 7) is 4.79. The summed E-state index contributed by atoms with van der Waals surface area (Å²) in [6, 6.07) is 11.0. The third-order valence-electron chi connectivity index (χ3n) is 5.62. The van der Waals surface area contributed by atoms with Crippen molar-refractivity contribution in [3.63, 3.8) is 0 Å². The fraction of sp³-hybridized carbons (Fsp3) is 0.417. The highest BCUT2D eigenvalue weighted by molar-refractivity contribution is 7.22. The fourth-order valence-corrected chi connectivity index (χ4v) is 4.76. The van der Waals surface area contributed by atoms with Gasteiger partial charge in [0, 0.05) is 43.9 Å². The molecular weight excluding hydrogens is 442 g/mol. The van der Waals surface area contributed by atoms with Gasteiger partial charge in [0.25, 0.3) is 5.91 Å². The van der Waals surface area contributed by atoms with Crippen molar-refractivity contribution in [1.29, 1.82) is 0 Å². The number of carbonyl (C=O) groups excluding carboxylic acids is 1. The summed E-state index contributed by atoms with van der Waals surface area (Å²) in [5.74, 6) is 1.74. The zero-order valence-corrected chi connectivity index (χ0v) is 20.0. The molecule has 0 spiro atoms. The SMILES string of the molecule is COc1cc(OC)cc(C(=O)N(CCCN2CCOCC2)c2nc3cc(OC)ccc3s2)c1. The third-order valence-corrected chi connectivity index (χ3v) is 6.68. The van der Waals surface area contributed by atoms with Crippen LogP contribution < -0.4 is 19.1 Å². The number of fused-ring (bicyclic) bond motifs is 1. The van der Waals surface area contributed by atoms with Gasteiger partial charge >= 0.3 is 0 Å². The summed E-state index contributed by atoms with van der Waals surface area (Å²) in [4.78, 5) is 22.6. The number of morpholine rings is 1.